The molecule has 2 heterocycles. The summed E-state index contributed by atoms with van der Waals surface area (Å²) >= 11 is 6.95. The van der Waals surface area contributed by atoms with Crippen molar-refractivity contribution in [1.29, 1.82) is 0 Å². The van der Waals surface area contributed by atoms with Crippen LogP contribution < -0.4 is 24.2 Å². The maximum atomic E-state index is 13.1. The van der Waals surface area contributed by atoms with E-state index in [-0.39, 0.29) is 32.2 Å². The molecule has 0 unspecified atom stereocenters. The number of hydrogen-bond acceptors (Lipinski definition) is 9. The van der Waals surface area contributed by atoms with Crippen LogP contribution in [0.25, 0.3) is 0 Å². The summed E-state index contributed by atoms with van der Waals surface area (Å²) < 4.78 is 49.0. The number of benzene rings is 1. The molecule has 13 heteroatoms. The number of methoxy groups -OCH3 is 3. The number of halogens is 1. The molecule has 10 nitrogen and oxygen atoms in total. The molecule has 2 aromatic heterocycles. The second kappa shape index (κ2) is 9.27. The smallest absolute Gasteiger partial charge is 0.267 e. The standard InChI is InChI=1S/C19H20ClN3O7S2/c1-9-8-11(27-3)15(28-4)16(29-5)14(9)21-18(24)17-12(6-7-31-17)32(25,26)23-19-13(20)10(2)22-30-19/h6-8,23H,1-5H3,(H,21,24). The number of anilines is 2. The number of aromatic nitrogens is 1. The third kappa shape index (κ3) is 4.33. The van der Waals surface area contributed by atoms with Crippen LogP contribution in [0, 0.1) is 13.8 Å². The summed E-state index contributed by atoms with van der Waals surface area (Å²) in [6, 6.07) is 2.97. The van der Waals surface area contributed by atoms with Crippen molar-refractivity contribution in [2.45, 2.75) is 18.7 Å². The number of carbonyl (C=O) groups excluding carboxylic acids is 1. The lowest BCUT2D eigenvalue weighted by molar-refractivity contribution is 0.102. The third-order valence-electron chi connectivity index (χ3n) is 4.41. The Bertz CT molecular complexity index is 1270. The highest BCUT2D eigenvalue weighted by Crippen LogP contribution is 2.45. The van der Waals surface area contributed by atoms with Gasteiger partial charge in [0.15, 0.2) is 11.5 Å². The molecule has 0 atom stereocenters. The summed E-state index contributed by atoms with van der Waals surface area (Å²) in [4.78, 5) is 12.8. The quantitative estimate of drug-likeness (QED) is 0.472. The van der Waals surface area contributed by atoms with Crippen molar-refractivity contribution in [3.63, 3.8) is 0 Å². The number of sulfonamides is 1. The average Bonchev–Trinajstić information content (AvgIpc) is 3.38. The van der Waals surface area contributed by atoms with E-state index in [0.717, 1.165) is 11.3 Å². The Morgan fingerprint density at radius 2 is 1.84 bits per heavy atom. The van der Waals surface area contributed by atoms with Gasteiger partial charge < -0.3 is 24.1 Å². The number of nitrogens with zero attached hydrogens (tertiary/aromatic N) is 1. The predicted octanol–water partition coefficient (Wildman–Crippen LogP) is 4.09. The highest BCUT2D eigenvalue weighted by molar-refractivity contribution is 7.93. The van der Waals surface area contributed by atoms with E-state index >= 15 is 0 Å². The molecule has 0 aliphatic rings. The Kier molecular flexibility index (Phi) is 6.86. The molecule has 0 spiro atoms. The normalized spacial score (nSPS) is 11.2. The predicted molar refractivity (Wildman–Crippen MR) is 120 cm³/mol. The molecular formula is C19H20ClN3O7S2. The van der Waals surface area contributed by atoms with E-state index in [1.165, 1.54) is 32.8 Å². The number of hydrogen-bond donors (Lipinski definition) is 2. The highest BCUT2D eigenvalue weighted by atomic mass is 35.5. The monoisotopic (exact) mass is 501 g/mol. The second-order valence-corrected chi connectivity index (χ2v) is 9.37. The van der Waals surface area contributed by atoms with Gasteiger partial charge in [-0.25, -0.2) is 13.1 Å². The van der Waals surface area contributed by atoms with Crippen molar-refractivity contribution >= 4 is 50.4 Å². The number of amides is 1. The van der Waals surface area contributed by atoms with Gasteiger partial charge in [0.2, 0.25) is 5.75 Å². The van der Waals surface area contributed by atoms with Gasteiger partial charge in [-0.2, -0.15) is 0 Å². The number of aryl methyl sites for hydroxylation is 2. The van der Waals surface area contributed by atoms with Crippen LogP contribution >= 0.6 is 22.9 Å². The molecule has 0 saturated heterocycles. The SMILES string of the molecule is COc1cc(C)c(NC(=O)c2sccc2S(=O)(=O)Nc2onc(C)c2Cl)c(OC)c1OC. The fourth-order valence-corrected chi connectivity index (χ4v) is 5.37. The van der Waals surface area contributed by atoms with E-state index < -0.39 is 15.9 Å². The van der Waals surface area contributed by atoms with Crippen LogP contribution in [0.2, 0.25) is 5.02 Å². The lowest BCUT2D eigenvalue weighted by Gasteiger charge is -2.18. The van der Waals surface area contributed by atoms with E-state index in [9.17, 15) is 13.2 Å². The molecule has 0 aliphatic carbocycles. The minimum atomic E-state index is -4.19. The van der Waals surface area contributed by atoms with Crippen LogP contribution in [0.5, 0.6) is 17.2 Å². The second-order valence-electron chi connectivity index (χ2n) is 6.42. The molecule has 0 bridgehead atoms. The Balaban J connectivity index is 1.97. The average molecular weight is 502 g/mol. The van der Waals surface area contributed by atoms with Crippen LogP contribution in [-0.2, 0) is 10.0 Å². The number of nitrogens with one attached hydrogen (secondary N) is 2. The summed E-state index contributed by atoms with van der Waals surface area (Å²) in [5.74, 6) is 0.0447. The van der Waals surface area contributed by atoms with Gasteiger partial charge in [-0.1, -0.05) is 16.8 Å². The van der Waals surface area contributed by atoms with Crippen LogP contribution in [0.3, 0.4) is 0 Å². The van der Waals surface area contributed by atoms with E-state index in [2.05, 4.69) is 15.2 Å². The molecule has 1 amide bonds. The van der Waals surface area contributed by atoms with Crippen molar-refractivity contribution in [3.8, 4) is 17.2 Å². The molecule has 0 radical (unpaired) electrons. The number of thiophene rings is 1. The number of rotatable bonds is 8. The first kappa shape index (κ1) is 23.7. The van der Waals surface area contributed by atoms with Crippen molar-refractivity contribution in [2.75, 3.05) is 31.4 Å². The summed E-state index contributed by atoms with van der Waals surface area (Å²) in [6.45, 7) is 3.30. The van der Waals surface area contributed by atoms with Crippen molar-refractivity contribution in [1.82, 2.24) is 5.16 Å². The molecule has 0 fully saturated rings. The Labute approximate surface area is 193 Å². The first-order valence-electron chi connectivity index (χ1n) is 8.97. The van der Waals surface area contributed by atoms with Gasteiger partial charge in [0.1, 0.15) is 20.5 Å². The lowest BCUT2D eigenvalue weighted by Crippen LogP contribution is -2.19. The summed E-state index contributed by atoms with van der Waals surface area (Å²) in [6.07, 6.45) is 0. The highest BCUT2D eigenvalue weighted by Gasteiger charge is 2.28. The summed E-state index contributed by atoms with van der Waals surface area (Å²) in [7, 11) is 0.143. The first-order valence-corrected chi connectivity index (χ1v) is 11.7. The molecule has 2 N–H and O–H groups in total. The summed E-state index contributed by atoms with van der Waals surface area (Å²) in [5, 5.41) is 7.82. The zero-order valence-corrected chi connectivity index (χ0v) is 20.1. The Morgan fingerprint density at radius 1 is 1.16 bits per heavy atom. The van der Waals surface area contributed by atoms with Crippen LogP contribution in [-0.4, -0.2) is 40.8 Å². The molecule has 0 saturated carbocycles. The maximum Gasteiger partial charge on any atom is 0.267 e. The maximum absolute atomic E-state index is 13.1. The number of ether oxygens (including phenoxy) is 3. The van der Waals surface area contributed by atoms with Gasteiger partial charge in [0.25, 0.3) is 21.8 Å². The zero-order chi connectivity index (χ0) is 23.6. The molecule has 32 heavy (non-hydrogen) atoms. The Hall–Kier alpha value is -2.96. The van der Waals surface area contributed by atoms with Gasteiger partial charge in [-0.3, -0.25) is 4.79 Å². The first-order chi connectivity index (χ1) is 15.1. The Morgan fingerprint density at radius 3 is 2.41 bits per heavy atom. The molecule has 3 rings (SSSR count). The van der Waals surface area contributed by atoms with Crippen molar-refractivity contribution in [2.24, 2.45) is 0 Å². The molecule has 0 aliphatic heterocycles. The van der Waals surface area contributed by atoms with Crippen molar-refractivity contribution in [3.05, 3.63) is 38.7 Å². The third-order valence-corrected chi connectivity index (χ3v) is 7.27. The van der Waals surface area contributed by atoms with Crippen LogP contribution in [0.15, 0.2) is 26.9 Å². The van der Waals surface area contributed by atoms with Crippen molar-refractivity contribution < 1.29 is 31.9 Å². The minimum Gasteiger partial charge on any atom is -0.493 e. The topological polar surface area (TPSA) is 129 Å². The lowest BCUT2D eigenvalue weighted by atomic mass is 10.1. The van der Waals surface area contributed by atoms with Gasteiger partial charge in [0.05, 0.1) is 27.0 Å². The molecule has 3 aromatic rings. The fourth-order valence-electron chi connectivity index (χ4n) is 2.88. The van der Waals surface area contributed by atoms with E-state index in [4.69, 9.17) is 30.3 Å². The molecule has 172 valence electrons. The largest absolute Gasteiger partial charge is 0.493 e. The van der Waals surface area contributed by atoms with Gasteiger partial charge in [-0.05, 0) is 36.9 Å². The summed E-state index contributed by atoms with van der Waals surface area (Å²) in [5.41, 5.74) is 1.26. The molecular weight excluding hydrogens is 482 g/mol. The number of carbonyl (C=O) groups is 1. The van der Waals surface area contributed by atoms with Gasteiger partial charge in [0, 0.05) is 0 Å². The van der Waals surface area contributed by atoms with Crippen LogP contribution in [0.4, 0.5) is 11.6 Å². The van der Waals surface area contributed by atoms with Gasteiger partial charge in [-0.15, -0.1) is 11.3 Å². The van der Waals surface area contributed by atoms with E-state index in [1.807, 2.05) is 0 Å². The fraction of sp³-hybridized carbons (Fsp3) is 0.263. The zero-order valence-electron chi connectivity index (χ0n) is 17.7. The minimum absolute atomic E-state index is 0.0282. The van der Waals surface area contributed by atoms with Crippen LogP contribution in [0.1, 0.15) is 20.9 Å². The van der Waals surface area contributed by atoms with Gasteiger partial charge >= 0.3 is 0 Å². The van der Waals surface area contributed by atoms with E-state index in [1.54, 1.807) is 19.9 Å². The van der Waals surface area contributed by atoms with E-state index in [0.29, 0.717) is 22.7 Å². The molecule has 1 aromatic carbocycles.